The number of oxime groups is 1. The Hall–Kier alpha value is -2.56. The first-order valence-corrected chi connectivity index (χ1v) is 5.81. The molecule has 0 saturated carbocycles. The Balaban J connectivity index is 2.08. The van der Waals surface area contributed by atoms with Crippen molar-refractivity contribution in [1.82, 2.24) is 4.98 Å². The third-order valence-corrected chi connectivity index (χ3v) is 2.59. The van der Waals surface area contributed by atoms with Gasteiger partial charge in [-0.2, -0.15) is 0 Å². The Morgan fingerprint density at radius 2 is 2.21 bits per heavy atom. The second-order valence-electron chi connectivity index (χ2n) is 4.14. The van der Waals surface area contributed by atoms with Crippen molar-refractivity contribution in [3.8, 4) is 5.75 Å². The van der Waals surface area contributed by atoms with E-state index in [4.69, 9.17) is 15.7 Å². The minimum atomic E-state index is -0.0163. The molecule has 0 aliphatic rings. The number of ether oxygens (including phenoxy) is 1. The molecule has 0 aliphatic carbocycles. The van der Waals surface area contributed by atoms with E-state index in [9.17, 15) is 0 Å². The largest absolute Gasteiger partial charge is 0.489 e. The molecule has 1 heterocycles. The van der Waals surface area contributed by atoms with E-state index in [-0.39, 0.29) is 5.84 Å². The minimum absolute atomic E-state index is 0.0163. The molecule has 1 aromatic carbocycles. The highest BCUT2D eigenvalue weighted by Gasteiger charge is 2.03. The molecule has 0 radical (unpaired) electrons. The van der Waals surface area contributed by atoms with Gasteiger partial charge in [-0.05, 0) is 42.3 Å². The molecule has 0 spiro atoms. The second kappa shape index (κ2) is 5.86. The summed E-state index contributed by atoms with van der Waals surface area (Å²) in [6.45, 7) is 2.41. The lowest BCUT2D eigenvalue weighted by Crippen LogP contribution is -2.15. The van der Waals surface area contributed by atoms with Gasteiger partial charge in [0.1, 0.15) is 18.1 Å². The van der Waals surface area contributed by atoms with E-state index in [1.54, 1.807) is 12.3 Å². The quantitative estimate of drug-likeness (QED) is 0.380. The summed E-state index contributed by atoms with van der Waals surface area (Å²) >= 11 is 0. The summed E-state index contributed by atoms with van der Waals surface area (Å²) in [5.41, 5.74) is 7.96. The molecular weight excluding hydrogens is 242 g/mol. The van der Waals surface area contributed by atoms with Crippen LogP contribution in [0.2, 0.25) is 0 Å². The van der Waals surface area contributed by atoms with Crippen LogP contribution in [0.1, 0.15) is 16.8 Å². The summed E-state index contributed by atoms with van der Waals surface area (Å²) in [5.74, 6) is 0.791. The fraction of sp³-hybridized carbons (Fsp3) is 0.143. The Labute approximate surface area is 111 Å². The number of aryl methyl sites for hydroxylation is 1. The average Bonchev–Trinajstić information content (AvgIpc) is 2.45. The van der Waals surface area contributed by atoms with Crippen LogP contribution in [0.15, 0.2) is 47.8 Å². The SMILES string of the molecule is Cc1cccc(OCc2ccnc(C(N)=NO)c2)c1. The highest BCUT2D eigenvalue weighted by Crippen LogP contribution is 2.14. The zero-order valence-corrected chi connectivity index (χ0v) is 10.6. The molecule has 19 heavy (non-hydrogen) atoms. The molecular formula is C14H15N3O2. The maximum Gasteiger partial charge on any atom is 0.188 e. The number of nitrogens with zero attached hydrogens (tertiary/aromatic N) is 2. The molecule has 0 bridgehead atoms. The van der Waals surface area contributed by atoms with Crippen molar-refractivity contribution < 1.29 is 9.94 Å². The Morgan fingerprint density at radius 3 is 2.95 bits per heavy atom. The van der Waals surface area contributed by atoms with Gasteiger partial charge in [0, 0.05) is 6.20 Å². The van der Waals surface area contributed by atoms with Crippen LogP contribution < -0.4 is 10.5 Å². The standard InChI is InChI=1S/C14H15N3O2/c1-10-3-2-4-12(7-10)19-9-11-5-6-16-13(8-11)14(15)17-18/h2-8,18H,9H2,1H3,(H2,15,17). The number of benzene rings is 1. The van der Waals surface area contributed by atoms with Crippen LogP contribution in [-0.4, -0.2) is 16.0 Å². The van der Waals surface area contributed by atoms with Crippen LogP contribution in [0.5, 0.6) is 5.75 Å². The van der Waals surface area contributed by atoms with Gasteiger partial charge < -0.3 is 15.7 Å². The molecule has 3 N–H and O–H groups in total. The molecule has 98 valence electrons. The smallest absolute Gasteiger partial charge is 0.188 e. The maximum absolute atomic E-state index is 8.61. The summed E-state index contributed by atoms with van der Waals surface area (Å²) in [4.78, 5) is 4.01. The molecule has 0 atom stereocenters. The third-order valence-electron chi connectivity index (χ3n) is 2.59. The van der Waals surface area contributed by atoms with E-state index in [1.165, 1.54) is 0 Å². The summed E-state index contributed by atoms with van der Waals surface area (Å²) < 4.78 is 5.67. The van der Waals surface area contributed by atoms with Crippen molar-refractivity contribution >= 4 is 5.84 Å². The van der Waals surface area contributed by atoms with Crippen LogP contribution >= 0.6 is 0 Å². The van der Waals surface area contributed by atoms with Crippen molar-refractivity contribution in [1.29, 1.82) is 0 Å². The molecule has 0 unspecified atom stereocenters. The van der Waals surface area contributed by atoms with Gasteiger partial charge in [0.25, 0.3) is 0 Å². The molecule has 5 nitrogen and oxygen atoms in total. The fourth-order valence-corrected chi connectivity index (χ4v) is 1.63. The normalized spacial score (nSPS) is 11.3. The molecule has 2 rings (SSSR count). The highest BCUT2D eigenvalue weighted by molar-refractivity contribution is 5.95. The van der Waals surface area contributed by atoms with Crippen LogP contribution in [0.25, 0.3) is 0 Å². The molecule has 0 amide bonds. The van der Waals surface area contributed by atoms with E-state index in [1.807, 2.05) is 37.3 Å². The van der Waals surface area contributed by atoms with E-state index >= 15 is 0 Å². The first-order valence-electron chi connectivity index (χ1n) is 5.81. The maximum atomic E-state index is 8.61. The topological polar surface area (TPSA) is 80.7 Å². The second-order valence-corrected chi connectivity index (χ2v) is 4.14. The molecule has 1 aromatic heterocycles. The number of nitrogens with two attached hydrogens (primary N) is 1. The predicted octanol–water partition coefficient (Wildman–Crippen LogP) is 2.06. The third kappa shape index (κ3) is 3.45. The first-order chi connectivity index (χ1) is 9.19. The number of pyridine rings is 1. The van der Waals surface area contributed by atoms with Gasteiger partial charge in [-0.1, -0.05) is 17.3 Å². The van der Waals surface area contributed by atoms with Gasteiger partial charge in [-0.15, -0.1) is 0 Å². The Morgan fingerprint density at radius 1 is 1.37 bits per heavy atom. The molecule has 0 aliphatic heterocycles. The van der Waals surface area contributed by atoms with Gasteiger partial charge in [0.2, 0.25) is 0 Å². The van der Waals surface area contributed by atoms with Crippen molar-refractivity contribution in [2.45, 2.75) is 13.5 Å². The van der Waals surface area contributed by atoms with E-state index in [0.717, 1.165) is 16.9 Å². The van der Waals surface area contributed by atoms with Crippen molar-refractivity contribution in [3.63, 3.8) is 0 Å². The number of rotatable bonds is 4. The Kier molecular flexibility index (Phi) is 3.97. The van der Waals surface area contributed by atoms with E-state index < -0.39 is 0 Å². The summed E-state index contributed by atoms with van der Waals surface area (Å²) in [5, 5.41) is 11.5. The molecule has 2 aromatic rings. The van der Waals surface area contributed by atoms with Gasteiger partial charge >= 0.3 is 0 Å². The average molecular weight is 257 g/mol. The zero-order chi connectivity index (χ0) is 13.7. The predicted molar refractivity (Wildman–Crippen MR) is 72.3 cm³/mol. The summed E-state index contributed by atoms with van der Waals surface area (Å²) in [6.07, 6.45) is 1.60. The zero-order valence-electron chi connectivity index (χ0n) is 10.6. The van der Waals surface area contributed by atoms with Crippen LogP contribution in [0.3, 0.4) is 0 Å². The van der Waals surface area contributed by atoms with Gasteiger partial charge in [-0.3, -0.25) is 4.98 Å². The molecule has 5 heteroatoms. The lowest BCUT2D eigenvalue weighted by atomic mass is 10.2. The van der Waals surface area contributed by atoms with Crippen LogP contribution in [0, 0.1) is 6.92 Å². The monoisotopic (exact) mass is 257 g/mol. The van der Waals surface area contributed by atoms with Crippen molar-refractivity contribution in [3.05, 3.63) is 59.4 Å². The lowest BCUT2D eigenvalue weighted by molar-refractivity contribution is 0.305. The summed E-state index contributed by atoms with van der Waals surface area (Å²) in [7, 11) is 0. The van der Waals surface area contributed by atoms with Gasteiger partial charge in [0.05, 0.1) is 0 Å². The van der Waals surface area contributed by atoms with Crippen molar-refractivity contribution in [2.75, 3.05) is 0 Å². The number of hydrogen-bond acceptors (Lipinski definition) is 4. The number of amidine groups is 1. The van der Waals surface area contributed by atoms with Crippen LogP contribution in [0.4, 0.5) is 0 Å². The minimum Gasteiger partial charge on any atom is -0.489 e. The van der Waals surface area contributed by atoms with Crippen molar-refractivity contribution in [2.24, 2.45) is 10.9 Å². The number of hydrogen-bond donors (Lipinski definition) is 2. The van der Waals surface area contributed by atoms with Gasteiger partial charge in [-0.25, -0.2) is 0 Å². The lowest BCUT2D eigenvalue weighted by Gasteiger charge is -2.07. The Bertz CT molecular complexity index is 597. The van der Waals surface area contributed by atoms with Gasteiger partial charge in [0.15, 0.2) is 5.84 Å². The molecule has 0 fully saturated rings. The van der Waals surface area contributed by atoms with Crippen LogP contribution in [-0.2, 0) is 6.61 Å². The number of aromatic nitrogens is 1. The fourth-order valence-electron chi connectivity index (χ4n) is 1.63. The summed E-state index contributed by atoms with van der Waals surface area (Å²) in [6, 6.07) is 11.4. The highest BCUT2D eigenvalue weighted by atomic mass is 16.5. The van der Waals surface area contributed by atoms with E-state index in [0.29, 0.717) is 12.3 Å². The molecule has 0 saturated heterocycles. The first kappa shape index (κ1) is 12.9. The van der Waals surface area contributed by atoms with E-state index in [2.05, 4.69) is 10.1 Å².